The minimum absolute atomic E-state index is 0.412. The molecule has 1 aromatic carbocycles. The molecule has 156 valence electrons. The van der Waals surface area contributed by atoms with Crippen LogP contribution in [-0.4, -0.2) is 62.8 Å². The zero-order valence-electron chi connectivity index (χ0n) is 17.5. The van der Waals surface area contributed by atoms with Crippen LogP contribution in [0.2, 0.25) is 0 Å². The maximum absolute atomic E-state index is 5.61. The van der Waals surface area contributed by atoms with Gasteiger partial charge in [0.05, 0.1) is 21.3 Å². The third-order valence-electron chi connectivity index (χ3n) is 5.75. The monoisotopic (exact) mass is 407 g/mol. The van der Waals surface area contributed by atoms with Gasteiger partial charge in [-0.25, -0.2) is 0 Å². The minimum atomic E-state index is 0.412. The number of methoxy groups -OCH3 is 3. The Morgan fingerprint density at radius 3 is 2.50 bits per heavy atom. The van der Waals surface area contributed by atoms with E-state index in [1.54, 1.807) is 21.3 Å². The molecule has 1 spiro atoms. The van der Waals surface area contributed by atoms with Gasteiger partial charge in [-0.15, -0.1) is 0 Å². The summed E-state index contributed by atoms with van der Waals surface area (Å²) in [5.41, 5.74) is 1.01. The number of hydrogen-bond acceptors (Lipinski definition) is 5. The molecule has 0 bridgehead atoms. The smallest absolute Gasteiger partial charge is 0.203 e. The molecule has 0 amide bonds. The largest absolute Gasteiger partial charge is 0.493 e. The molecule has 0 atom stereocenters. The molecule has 0 aromatic heterocycles. The van der Waals surface area contributed by atoms with E-state index in [0.717, 1.165) is 24.6 Å². The number of nitrogens with zero attached hydrogens (tertiary/aromatic N) is 2. The number of nitrogens with one attached hydrogen (secondary N) is 1. The van der Waals surface area contributed by atoms with Crippen LogP contribution in [0.3, 0.4) is 0 Å². The molecular weight excluding hydrogens is 374 g/mol. The lowest BCUT2D eigenvalue weighted by atomic mass is 9.87. The molecule has 2 aliphatic rings. The second kappa shape index (κ2) is 9.63. The topological polar surface area (TPSA) is 55.3 Å². The van der Waals surface area contributed by atoms with Crippen LogP contribution in [0.25, 0.3) is 0 Å². The van der Waals surface area contributed by atoms with Crippen molar-refractivity contribution in [1.29, 1.82) is 0 Å². The number of benzene rings is 1. The summed E-state index contributed by atoms with van der Waals surface area (Å²) in [4.78, 5) is 6.99. The van der Waals surface area contributed by atoms with Gasteiger partial charge < -0.3 is 24.4 Å². The van der Waals surface area contributed by atoms with Crippen LogP contribution in [0.1, 0.15) is 37.7 Å². The van der Waals surface area contributed by atoms with Crippen LogP contribution in [0.5, 0.6) is 17.2 Å². The van der Waals surface area contributed by atoms with Gasteiger partial charge in [-0.3, -0.25) is 4.99 Å². The van der Waals surface area contributed by atoms with Gasteiger partial charge in [0.1, 0.15) is 0 Å². The van der Waals surface area contributed by atoms with E-state index in [-0.39, 0.29) is 0 Å². The van der Waals surface area contributed by atoms with Crippen LogP contribution >= 0.6 is 11.8 Å². The SMILES string of the molecule is CN=C(NCc1ccc(OC)c(OC)c1OC)N1CCSC2(CCCCC2)C1. The highest BCUT2D eigenvalue weighted by molar-refractivity contribution is 8.00. The summed E-state index contributed by atoms with van der Waals surface area (Å²) in [5.74, 6) is 4.11. The van der Waals surface area contributed by atoms with Gasteiger partial charge in [0.2, 0.25) is 5.75 Å². The molecule has 1 aliphatic heterocycles. The first-order chi connectivity index (χ1) is 13.7. The van der Waals surface area contributed by atoms with E-state index in [1.165, 1.54) is 37.9 Å². The summed E-state index contributed by atoms with van der Waals surface area (Å²) in [7, 11) is 6.78. The second-order valence-corrected chi connectivity index (χ2v) is 8.97. The highest BCUT2D eigenvalue weighted by Gasteiger charge is 2.38. The molecule has 1 heterocycles. The van der Waals surface area contributed by atoms with Crippen molar-refractivity contribution in [3.63, 3.8) is 0 Å². The highest BCUT2D eigenvalue weighted by Crippen LogP contribution is 2.43. The number of hydrogen-bond donors (Lipinski definition) is 1. The fourth-order valence-corrected chi connectivity index (χ4v) is 5.90. The van der Waals surface area contributed by atoms with Crippen LogP contribution in [0.15, 0.2) is 17.1 Å². The Hall–Kier alpha value is -1.76. The Morgan fingerprint density at radius 1 is 1.11 bits per heavy atom. The second-order valence-electron chi connectivity index (χ2n) is 7.41. The standard InChI is InChI=1S/C21H33N3O3S/c1-22-20(24-12-13-28-21(15-24)10-6-5-7-11-21)23-14-16-8-9-17(25-2)19(27-4)18(16)26-3/h8-9H,5-7,10-15H2,1-4H3,(H,22,23). The molecule has 1 N–H and O–H groups in total. The van der Waals surface area contributed by atoms with Gasteiger partial charge >= 0.3 is 0 Å². The molecule has 1 aliphatic carbocycles. The van der Waals surface area contributed by atoms with E-state index in [1.807, 2.05) is 19.2 Å². The van der Waals surface area contributed by atoms with Crippen molar-refractivity contribution >= 4 is 17.7 Å². The predicted octanol–water partition coefficient (Wildman–Crippen LogP) is 3.54. The van der Waals surface area contributed by atoms with Crippen LogP contribution in [0, 0.1) is 0 Å². The van der Waals surface area contributed by atoms with E-state index < -0.39 is 0 Å². The molecule has 3 rings (SSSR count). The average molecular weight is 408 g/mol. The van der Waals surface area contributed by atoms with E-state index in [9.17, 15) is 0 Å². The molecule has 0 unspecified atom stereocenters. The fraction of sp³-hybridized carbons (Fsp3) is 0.667. The van der Waals surface area contributed by atoms with E-state index in [2.05, 4.69) is 27.0 Å². The van der Waals surface area contributed by atoms with Crippen molar-refractivity contribution in [3.05, 3.63) is 17.7 Å². The summed E-state index contributed by atoms with van der Waals surface area (Å²) in [6.07, 6.45) is 6.75. The Bertz CT molecular complexity index is 684. The van der Waals surface area contributed by atoms with Crippen molar-refractivity contribution in [2.45, 2.75) is 43.4 Å². The summed E-state index contributed by atoms with van der Waals surface area (Å²) in [5, 5.41) is 3.53. The van der Waals surface area contributed by atoms with E-state index >= 15 is 0 Å². The Morgan fingerprint density at radius 2 is 1.86 bits per heavy atom. The third-order valence-corrected chi connectivity index (χ3v) is 7.28. The Balaban J connectivity index is 1.70. The van der Waals surface area contributed by atoms with Gasteiger partial charge in [0.25, 0.3) is 0 Å². The minimum Gasteiger partial charge on any atom is -0.493 e. The van der Waals surface area contributed by atoms with Crippen molar-refractivity contribution in [2.75, 3.05) is 47.2 Å². The number of guanidine groups is 1. The normalized spacial score (nSPS) is 19.4. The lowest BCUT2D eigenvalue weighted by Gasteiger charge is -2.45. The van der Waals surface area contributed by atoms with Gasteiger partial charge in [0.15, 0.2) is 17.5 Å². The summed E-state index contributed by atoms with van der Waals surface area (Å²) in [6.45, 7) is 2.74. The molecule has 1 saturated carbocycles. The molecule has 0 radical (unpaired) electrons. The highest BCUT2D eigenvalue weighted by atomic mass is 32.2. The third kappa shape index (κ3) is 4.45. The summed E-state index contributed by atoms with van der Waals surface area (Å²) >= 11 is 2.17. The number of thioether (sulfide) groups is 1. The maximum Gasteiger partial charge on any atom is 0.203 e. The fourth-order valence-electron chi connectivity index (χ4n) is 4.33. The average Bonchev–Trinajstić information content (AvgIpc) is 2.74. The number of aliphatic imine (C=N–C) groups is 1. The summed E-state index contributed by atoms with van der Waals surface area (Å²) < 4.78 is 16.9. The van der Waals surface area contributed by atoms with E-state index in [0.29, 0.717) is 28.5 Å². The zero-order valence-corrected chi connectivity index (χ0v) is 18.4. The van der Waals surface area contributed by atoms with Crippen molar-refractivity contribution < 1.29 is 14.2 Å². The van der Waals surface area contributed by atoms with Gasteiger partial charge in [-0.1, -0.05) is 19.3 Å². The molecule has 1 saturated heterocycles. The molecule has 2 fully saturated rings. The zero-order chi connectivity index (χ0) is 20.0. The van der Waals surface area contributed by atoms with Crippen molar-refractivity contribution in [3.8, 4) is 17.2 Å². The van der Waals surface area contributed by atoms with Gasteiger partial charge in [-0.05, 0) is 25.0 Å². The first kappa shape index (κ1) is 21.0. The molecule has 28 heavy (non-hydrogen) atoms. The van der Waals surface area contributed by atoms with Crippen LogP contribution in [-0.2, 0) is 6.54 Å². The first-order valence-corrected chi connectivity index (χ1v) is 11.0. The van der Waals surface area contributed by atoms with Crippen molar-refractivity contribution in [2.24, 2.45) is 4.99 Å². The van der Waals surface area contributed by atoms with Crippen LogP contribution < -0.4 is 19.5 Å². The Kier molecular flexibility index (Phi) is 7.21. The quantitative estimate of drug-likeness (QED) is 0.595. The first-order valence-electron chi connectivity index (χ1n) is 10.0. The summed E-state index contributed by atoms with van der Waals surface area (Å²) in [6, 6.07) is 3.92. The number of ether oxygens (including phenoxy) is 3. The maximum atomic E-state index is 5.61. The molecule has 7 heteroatoms. The molecular formula is C21H33N3O3S. The van der Waals surface area contributed by atoms with Crippen molar-refractivity contribution in [1.82, 2.24) is 10.2 Å². The number of rotatable bonds is 5. The van der Waals surface area contributed by atoms with Gasteiger partial charge in [0, 0.05) is 42.7 Å². The van der Waals surface area contributed by atoms with Gasteiger partial charge in [-0.2, -0.15) is 11.8 Å². The van der Waals surface area contributed by atoms with E-state index in [4.69, 9.17) is 14.2 Å². The predicted molar refractivity (Wildman–Crippen MR) is 116 cm³/mol. The lowest BCUT2D eigenvalue weighted by Crippen LogP contribution is -2.53. The Labute approximate surface area is 173 Å². The molecule has 6 nitrogen and oxygen atoms in total. The lowest BCUT2D eigenvalue weighted by molar-refractivity contribution is 0.293. The molecule has 1 aromatic rings. The van der Waals surface area contributed by atoms with Crippen LogP contribution in [0.4, 0.5) is 0 Å².